The Bertz CT molecular complexity index is 887. The molecule has 1 aromatic heterocycles. The molecule has 8 nitrogen and oxygen atoms in total. The van der Waals surface area contributed by atoms with Gasteiger partial charge in [-0.2, -0.15) is 5.21 Å². The van der Waals surface area contributed by atoms with Gasteiger partial charge in [0.15, 0.2) is 5.82 Å². The van der Waals surface area contributed by atoms with E-state index in [1.807, 2.05) is 0 Å². The number of aromatic nitrogens is 4. The number of aromatic amines is 1. The van der Waals surface area contributed by atoms with Crippen molar-refractivity contribution >= 4 is 5.97 Å². The standard InChI is InChI=1S/C25H38N6O2/c1-17(2)16-33-25(32)23-11-22-10-19(8-9-20(22)12-26-23)13-31(15-24-27-29-30-28-24)14-21-7-5-4-6-18(21)3/h4-7,17,19-20,22-23,26H,8-16H2,1-3H3,(H,27,28,29,30)/t19-,20-,22+,23-/m0/s1. The Morgan fingerprint density at radius 3 is 2.79 bits per heavy atom. The molecule has 33 heavy (non-hydrogen) atoms. The molecule has 2 fully saturated rings. The summed E-state index contributed by atoms with van der Waals surface area (Å²) >= 11 is 0. The highest BCUT2D eigenvalue weighted by Crippen LogP contribution is 2.39. The van der Waals surface area contributed by atoms with Crippen LogP contribution in [0.4, 0.5) is 0 Å². The molecule has 0 spiro atoms. The van der Waals surface area contributed by atoms with Crippen molar-refractivity contribution in [2.75, 3.05) is 19.7 Å². The number of hydrogen-bond acceptors (Lipinski definition) is 7. The minimum Gasteiger partial charge on any atom is -0.464 e. The zero-order valence-corrected chi connectivity index (χ0v) is 20.2. The fourth-order valence-electron chi connectivity index (χ4n) is 5.38. The lowest BCUT2D eigenvalue weighted by atomic mass is 9.69. The van der Waals surface area contributed by atoms with Gasteiger partial charge < -0.3 is 10.1 Å². The molecule has 0 bridgehead atoms. The van der Waals surface area contributed by atoms with Crippen molar-refractivity contribution in [2.24, 2.45) is 23.7 Å². The monoisotopic (exact) mass is 454 g/mol. The number of carbonyl (C=O) groups excluding carboxylic acids is 1. The Kier molecular flexibility index (Phi) is 8.09. The molecular weight excluding hydrogens is 416 g/mol. The molecule has 2 aromatic rings. The van der Waals surface area contributed by atoms with Crippen molar-refractivity contribution in [3.63, 3.8) is 0 Å². The van der Waals surface area contributed by atoms with Crippen molar-refractivity contribution < 1.29 is 9.53 Å². The van der Waals surface area contributed by atoms with E-state index in [0.717, 1.165) is 38.3 Å². The lowest BCUT2D eigenvalue weighted by Gasteiger charge is -2.43. The van der Waals surface area contributed by atoms with Crippen molar-refractivity contribution in [2.45, 2.75) is 65.6 Å². The zero-order valence-electron chi connectivity index (χ0n) is 20.2. The van der Waals surface area contributed by atoms with E-state index in [9.17, 15) is 4.79 Å². The van der Waals surface area contributed by atoms with Crippen LogP contribution in [0, 0.1) is 30.6 Å². The first kappa shape index (κ1) is 23.8. The van der Waals surface area contributed by atoms with Crippen LogP contribution >= 0.6 is 0 Å². The van der Waals surface area contributed by atoms with E-state index in [0.29, 0.717) is 36.8 Å². The predicted molar refractivity (Wildman–Crippen MR) is 126 cm³/mol. The van der Waals surface area contributed by atoms with Gasteiger partial charge in [0, 0.05) is 13.1 Å². The predicted octanol–water partition coefficient (Wildman–Crippen LogP) is 3.10. The van der Waals surface area contributed by atoms with Crippen LogP contribution in [-0.4, -0.2) is 57.2 Å². The molecule has 1 saturated heterocycles. The Labute approximate surface area is 196 Å². The number of fused-ring (bicyclic) bond motifs is 1. The van der Waals surface area contributed by atoms with E-state index < -0.39 is 0 Å². The molecule has 2 N–H and O–H groups in total. The lowest BCUT2D eigenvalue weighted by molar-refractivity contribution is -0.149. The number of tetrazole rings is 1. The summed E-state index contributed by atoms with van der Waals surface area (Å²) in [7, 11) is 0. The van der Waals surface area contributed by atoms with Crippen LogP contribution in [-0.2, 0) is 22.6 Å². The van der Waals surface area contributed by atoms with Crippen molar-refractivity contribution in [3.05, 3.63) is 41.2 Å². The summed E-state index contributed by atoms with van der Waals surface area (Å²) in [4.78, 5) is 15.0. The Morgan fingerprint density at radius 2 is 2.03 bits per heavy atom. The summed E-state index contributed by atoms with van der Waals surface area (Å²) in [5, 5.41) is 18.1. The van der Waals surface area contributed by atoms with Crippen molar-refractivity contribution in [1.29, 1.82) is 0 Å². The molecule has 1 aromatic carbocycles. The molecule has 1 aliphatic heterocycles. The average molecular weight is 455 g/mol. The van der Waals surface area contributed by atoms with Gasteiger partial charge in [0.1, 0.15) is 6.04 Å². The highest BCUT2D eigenvalue weighted by Gasteiger charge is 2.38. The maximum atomic E-state index is 12.5. The van der Waals surface area contributed by atoms with E-state index in [-0.39, 0.29) is 12.0 Å². The topological polar surface area (TPSA) is 96.0 Å². The smallest absolute Gasteiger partial charge is 0.323 e. The van der Waals surface area contributed by atoms with Crippen LogP contribution in [0.2, 0.25) is 0 Å². The van der Waals surface area contributed by atoms with E-state index in [2.05, 4.69) is 75.9 Å². The molecule has 2 aliphatic rings. The number of carbonyl (C=O) groups is 1. The first-order valence-electron chi connectivity index (χ1n) is 12.4. The highest BCUT2D eigenvalue weighted by molar-refractivity contribution is 5.76. The molecule has 4 atom stereocenters. The first-order valence-corrected chi connectivity index (χ1v) is 12.4. The second kappa shape index (κ2) is 11.2. The summed E-state index contributed by atoms with van der Waals surface area (Å²) in [5.74, 6) is 2.86. The highest BCUT2D eigenvalue weighted by atomic mass is 16.5. The van der Waals surface area contributed by atoms with Gasteiger partial charge >= 0.3 is 5.97 Å². The summed E-state index contributed by atoms with van der Waals surface area (Å²) in [6.07, 6.45) is 4.50. The maximum Gasteiger partial charge on any atom is 0.323 e. The quantitative estimate of drug-likeness (QED) is 0.562. The van der Waals surface area contributed by atoms with Gasteiger partial charge in [-0.3, -0.25) is 9.69 Å². The largest absolute Gasteiger partial charge is 0.464 e. The normalized spacial score (nSPS) is 25.2. The van der Waals surface area contributed by atoms with Gasteiger partial charge in [0.25, 0.3) is 0 Å². The SMILES string of the molecule is Cc1ccccc1CN(Cc1nn[nH]n1)C[C@H]1CC[C@H]2CN[C@H](C(=O)OCC(C)C)C[C@H]2C1. The van der Waals surface area contributed by atoms with Crippen LogP contribution in [0.3, 0.4) is 0 Å². The van der Waals surface area contributed by atoms with Gasteiger partial charge in [-0.1, -0.05) is 43.3 Å². The van der Waals surface area contributed by atoms with Crippen LogP contribution in [0.15, 0.2) is 24.3 Å². The summed E-state index contributed by atoms with van der Waals surface area (Å²) < 4.78 is 5.52. The number of aryl methyl sites for hydroxylation is 1. The first-order chi connectivity index (χ1) is 16.0. The van der Waals surface area contributed by atoms with Crippen molar-refractivity contribution in [3.8, 4) is 0 Å². The Morgan fingerprint density at radius 1 is 1.18 bits per heavy atom. The summed E-state index contributed by atoms with van der Waals surface area (Å²) in [6, 6.07) is 8.40. The fraction of sp³-hybridized carbons (Fsp3) is 0.680. The van der Waals surface area contributed by atoms with Gasteiger partial charge in [0.05, 0.1) is 13.2 Å². The minimum atomic E-state index is -0.161. The van der Waals surface area contributed by atoms with Crippen LogP contribution in [0.25, 0.3) is 0 Å². The number of hydrogen-bond donors (Lipinski definition) is 2. The molecule has 0 amide bonds. The number of H-pyrrole nitrogens is 1. The number of esters is 1. The van der Waals surface area contributed by atoms with Crippen LogP contribution in [0.5, 0.6) is 0 Å². The molecule has 8 heteroatoms. The number of nitrogens with one attached hydrogen (secondary N) is 2. The lowest BCUT2D eigenvalue weighted by Crippen LogP contribution is -2.50. The third-order valence-corrected chi connectivity index (χ3v) is 7.18. The van der Waals surface area contributed by atoms with Gasteiger partial charge in [-0.05, 0) is 74.0 Å². The van der Waals surface area contributed by atoms with E-state index >= 15 is 0 Å². The maximum absolute atomic E-state index is 12.5. The Balaban J connectivity index is 1.37. The minimum absolute atomic E-state index is 0.0810. The number of piperidine rings is 1. The number of nitrogens with zero attached hydrogens (tertiary/aromatic N) is 4. The van der Waals surface area contributed by atoms with Gasteiger partial charge in [0.2, 0.25) is 0 Å². The molecule has 180 valence electrons. The summed E-state index contributed by atoms with van der Waals surface area (Å²) in [5.41, 5.74) is 2.64. The molecule has 0 unspecified atom stereocenters. The molecule has 2 heterocycles. The molecular formula is C25H38N6O2. The van der Waals surface area contributed by atoms with Crippen LogP contribution in [0.1, 0.15) is 56.5 Å². The van der Waals surface area contributed by atoms with Crippen LogP contribution < -0.4 is 5.32 Å². The Hall–Kier alpha value is -2.32. The second-order valence-electron chi connectivity index (χ2n) is 10.3. The molecule has 1 aliphatic carbocycles. The van der Waals surface area contributed by atoms with Gasteiger partial charge in [-0.25, -0.2) is 0 Å². The molecule has 0 radical (unpaired) electrons. The van der Waals surface area contributed by atoms with E-state index in [1.54, 1.807) is 0 Å². The fourth-order valence-corrected chi connectivity index (χ4v) is 5.38. The number of ether oxygens (including phenoxy) is 1. The number of benzene rings is 1. The third-order valence-electron chi connectivity index (χ3n) is 7.18. The molecule has 4 rings (SSSR count). The van der Waals surface area contributed by atoms with E-state index in [1.165, 1.54) is 24.0 Å². The average Bonchev–Trinajstić information content (AvgIpc) is 3.31. The van der Waals surface area contributed by atoms with Crippen molar-refractivity contribution in [1.82, 2.24) is 30.8 Å². The third kappa shape index (κ3) is 6.60. The second-order valence-corrected chi connectivity index (χ2v) is 10.3. The van der Waals surface area contributed by atoms with E-state index in [4.69, 9.17) is 4.74 Å². The number of rotatable bonds is 9. The summed E-state index contributed by atoms with van der Waals surface area (Å²) in [6.45, 7) is 10.3. The van der Waals surface area contributed by atoms with Gasteiger partial charge in [-0.15, -0.1) is 10.2 Å². The molecule has 1 saturated carbocycles. The zero-order chi connectivity index (χ0) is 23.2.